The fourth-order valence-electron chi connectivity index (χ4n) is 4.61. The zero-order valence-corrected chi connectivity index (χ0v) is 20.0. The number of rotatable bonds is 12. The zero-order chi connectivity index (χ0) is 22.9. The molecule has 3 rings (SSSR count). The van der Waals surface area contributed by atoms with E-state index in [0.717, 1.165) is 60.2 Å². The number of Topliss-reactive ketones (excluding diaryl/α,β-unsaturated/α-hetero) is 1. The van der Waals surface area contributed by atoms with Gasteiger partial charge in [0.15, 0.2) is 0 Å². The molecule has 1 aliphatic carbocycles. The number of aliphatic hydroxyl groups excluding tert-OH is 1. The molecule has 0 saturated heterocycles. The number of allylic oxidation sites excluding steroid dienone is 1. The van der Waals surface area contributed by atoms with Crippen molar-refractivity contribution >= 4 is 44.8 Å². The molecule has 1 fully saturated rings. The molecule has 1 aromatic carbocycles. The molecule has 1 aromatic heterocycles. The Morgan fingerprint density at radius 1 is 1.22 bits per heavy atom. The van der Waals surface area contributed by atoms with E-state index in [0.29, 0.717) is 25.0 Å². The first-order valence-corrected chi connectivity index (χ1v) is 12.9. The lowest BCUT2D eigenvalue weighted by molar-refractivity contribution is -0.137. The summed E-state index contributed by atoms with van der Waals surface area (Å²) in [5.41, 5.74) is 0. The van der Waals surface area contributed by atoms with E-state index in [2.05, 4.69) is 12.1 Å². The van der Waals surface area contributed by atoms with Gasteiger partial charge in [-0.2, -0.15) is 0 Å². The topological polar surface area (TPSA) is 74.6 Å². The van der Waals surface area contributed by atoms with Gasteiger partial charge in [0.1, 0.15) is 5.78 Å². The van der Waals surface area contributed by atoms with Gasteiger partial charge in [-0.05, 0) is 50.5 Å². The predicted molar refractivity (Wildman–Crippen MR) is 131 cm³/mol. The first-order valence-electron chi connectivity index (χ1n) is 11.7. The molecule has 32 heavy (non-hydrogen) atoms. The number of benzene rings is 1. The van der Waals surface area contributed by atoms with E-state index in [9.17, 15) is 14.7 Å². The van der Waals surface area contributed by atoms with Crippen molar-refractivity contribution in [3.63, 3.8) is 0 Å². The van der Waals surface area contributed by atoms with Crippen LogP contribution in [0.3, 0.4) is 0 Å². The summed E-state index contributed by atoms with van der Waals surface area (Å²) in [6.45, 7) is 0. The van der Waals surface area contributed by atoms with Gasteiger partial charge >= 0.3 is 5.97 Å². The molecule has 1 aliphatic rings. The maximum Gasteiger partial charge on any atom is 0.303 e. The molecule has 1 saturated carbocycles. The van der Waals surface area contributed by atoms with E-state index in [1.165, 1.54) is 4.70 Å². The fourth-order valence-corrected chi connectivity index (χ4v) is 6.15. The van der Waals surface area contributed by atoms with Gasteiger partial charge in [0.2, 0.25) is 0 Å². The Balaban J connectivity index is 1.48. The maximum absolute atomic E-state index is 12.5. The minimum Gasteiger partial charge on any atom is -0.481 e. The molecule has 0 spiro atoms. The van der Waals surface area contributed by atoms with Crippen LogP contribution in [-0.4, -0.2) is 28.1 Å². The lowest BCUT2D eigenvalue weighted by Gasteiger charge is -2.28. The molecule has 6 heteroatoms. The molecule has 0 bridgehead atoms. The highest BCUT2D eigenvalue weighted by Gasteiger charge is 2.29. The van der Waals surface area contributed by atoms with Crippen LogP contribution in [-0.2, 0) is 16.0 Å². The first kappa shape index (κ1) is 24.9. The Hall–Kier alpha value is -1.69. The predicted octanol–water partition coefficient (Wildman–Crippen LogP) is 6.82. The Labute approximate surface area is 199 Å². The molecule has 2 N–H and O–H groups in total. The second-order valence-corrected chi connectivity index (χ2v) is 10.3. The maximum atomic E-state index is 12.5. The van der Waals surface area contributed by atoms with Gasteiger partial charge in [0, 0.05) is 33.7 Å². The number of carbonyl (C=O) groups is 2. The molecule has 2 aromatic rings. The van der Waals surface area contributed by atoms with Gasteiger partial charge in [-0.1, -0.05) is 61.2 Å². The molecular formula is C26H33ClO4S. The Morgan fingerprint density at radius 2 is 2.00 bits per heavy atom. The van der Waals surface area contributed by atoms with Crippen LogP contribution in [0.2, 0.25) is 5.02 Å². The third-order valence-electron chi connectivity index (χ3n) is 6.40. The summed E-state index contributed by atoms with van der Waals surface area (Å²) < 4.78 is 1.17. The number of thiophene rings is 1. The number of hydrogen-bond acceptors (Lipinski definition) is 4. The third kappa shape index (κ3) is 7.16. The molecule has 0 radical (unpaired) electrons. The van der Waals surface area contributed by atoms with Crippen LogP contribution in [0, 0.1) is 11.8 Å². The van der Waals surface area contributed by atoms with E-state index in [1.54, 1.807) is 11.3 Å². The zero-order valence-electron chi connectivity index (χ0n) is 18.5. The van der Waals surface area contributed by atoms with Gasteiger partial charge in [-0.3, -0.25) is 9.59 Å². The van der Waals surface area contributed by atoms with Crippen molar-refractivity contribution in [3.8, 4) is 0 Å². The Kier molecular flexibility index (Phi) is 9.76. The number of carboxylic acids is 1. The number of aryl methyl sites for hydroxylation is 1. The second kappa shape index (κ2) is 12.5. The monoisotopic (exact) mass is 476 g/mol. The summed E-state index contributed by atoms with van der Waals surface area (Å²) in [6.07, 6.45) is 11.9. The van der Waals surface area contributed by atoms with Crippen LogP contribution >= 0.6 is 22.9 Å². The van der Waals surface area contributed by atoms with Crippen LogP contribution in [0.25, 0.3) is 10.1 Å². The molecule has 0 aliphatic heterocycles. The number of hydrogen-bond donors (Lipinski definition) is 2. The van der Waals surface area contributed by atoms with Crippen molar-refractivity contribution in [3.05, 3.63) is 46.3 Å². The lowest BCUT2D eigenvalue weighted by atomic mass is 9.75. The van der Waals surface area contributed by atoms with Crippen LogP contribution < -0.4 is 0 Å². The van der Waals surface area contributed by atoms with Crippen molar-refractivity contribution in [2.24, 2.45) is 11.8 Å². The van der Waals surface area contributed by atoms with E-state index in [1.807, 2.05) is 24.3 Å². The van der Waals surface area contributed by atoms with Gasteiger partial charge in [-0.15, -0.1) is 11.3 Å². The average molecular weight is 477 g/mol. The van der Waals surface area contributed by atoms with Crippen molar-refractivity contribution in [2.75, 3.05) is 0 Å². The van der Waals surface area contributed by atoms with Crippen LogP contribution in [0.1, 0.15) is 69.1 Å². The molecule has 4 nitrogen and oxygen atoms in total. The van der Waals surface area contributed by atoms with Crippen molar-refractivity contribution < 1.29 is 19.8 Å². The van der Waals surface area contributed by atoms with Crippen molar-refractivity contribution in [1.82, 2.24) is 0 Å². The number of ketones is 1. The van der Waals surface area contributed by atoms with Crippen LogP contribution in [0.5, 0.6) is 0 Å². The normalized spacial score (nSPS) is 20.2. The third-order valence-corrected chi connectivity index (χ3v) is 8.17. The smallest absolute Gasteiger partial charge is 0.303 e. The average Bonchev–Trinajstić information content (AvgIpc) is 3.10. The minimum absolute atomic E-state index is 0.0312. The largest absolute Gasteiger partial charge is 0.481 e. The summed E-state index contributed by atoms with van der Waals surface area (Å²) in [7, 11) is 0. The highest BCUT2D eigenvalue weighted by Crippen LogP contribution is 2.36. The van der Waals surface area contributed by atoms with Crippen molar-refractivity contribution in [1.29, 1.82) is 0 Å². The minimum atomic E-state index is -0.745. The van der Waals surface area contributed by atoms with Crippen LogP contribution in [0.4, 0.5) is 0 Å². The summed E-state index contributed by atoms with van der Waals surface area (Å²) in [5.74, 6) is -0.185. The summed E-state index contributed by atoms with van der Waals surface area (Å²) in [6, 6.07) is 8.09. The molecule has 3 atom stereocenters. The summed E-state index contributed by atoms with van der Waals surface area (Å²) in [5, 5.41) is 21.1. The molecule has 0 amide bonds. The first-order chi connectivity index (χ1) is 15.5. The van der Waals surface area contributed by atoms with E-state index < -0.39 is 12.1 Å². The van der Waals surface area contributed by atoms with Gasteiger partial charge in [-0.25, -0.2) is 0 Å². The van der Waals surface area contributed by atoms with Crippen molar-refractivity contribution in [2.45, 2.75) is 76.7 Å². The Bertz CT molecular complexity index is 935. The van der Waals surface area contributed by atoms with Gasteiger partial charge in [0.05, 0.1) is 11.1 Å². The highest BCUT2D eigenvalue weighted by atomic mass is 35.5. The number of carbonyl (C=O) groups excluding carboxylic acids is 1. The molecule has 174 valence electrons. The van der Waals surface area contributed by atoms with E-state index >= 15 is 0 Å². The summed E-state index contributed by atoms with van der Waals surface area (Å²) in [4.78, 5) is 24.2. The van der Waals surface area contributed by atoms with E-state index in [4.69, 9.17) is 16.7 Å². The quantitative estimate of drug-likeness (QED) is 0.260. The molecule has 1 unspecified atom stereocenters. The standard InChI is InChI=1S/C26H33ClO4S/c27-26-21-10-5-6-12-23(21)32-24(26)17-16-19(28)15-14-18-8-7-11-22(29)20(18)9-3-1-2-4-13-25(30)31/h5-6,10,12,14-15,18-20,28H,1-4,7-9,11,13,16-17H2,(H,30,31)/t18-,19?,20-/m1/s1. The Morgan fingerprint density at radius 3 is 2.78 bits per heavy atom. The van der Waals surface area contributed by atoms with Gasteiger partial charge in [0.25, 0.3) is 0 Å². The number of unbranched alkanes of at least 4 members (excludes halogenated alkanes) is 3. The number of carboxylic acid groups (broad SMARTS) is 1. The number of aliphatic hydroxyl groups is 1. The molecule has 1 heterocycles. The number of fused-ring (bicyclic) bond motifs is 1. The van der Waals surface area contributed by atoms with Gasteiger partial charge < -0.3 is 10.2 Å². The number of halogens is 1. The number of aliphatic carboxylic acids is 1. The lowest BCUT2D eigenvalue weighted by Crippen LogP contribution is -2.27. The van der Waals surface area contributed by atoms with Crippen LogP contribution in [0.15, 0.2) is 36.4 Å². The van der Waals surface area contributed by atoms with E-state index in [-0.39, 0.29) is 18.3 Å². The SMILES string of the molecule is O=C(O)CCCCCC[C@H]1C(=O)CCC[C@@H]1C=CC(O)CCc1sc2ccccc2c1Cl. The second-order valence-electron chi connectivity index (χ2n) is 8.80. The highest BCUT2D eigenvalue weighted by molar-refractivity contribution is 7.19. The summed E-state index contributed by atoms with van der Waals surface area (Å²) >= 11 is 8.20. The molecular weight excluding hydrogens is 444 g/mol. The fraction of sp³-hybridized carbons (Fsp3) is 0.538.